The van der Waals surface area contributed by atoms with Crippen LogP contribution in [0, 0.1) is 3.57 Å². The molecule has 0 N–H and O–H groups in total. The number of hydrogen-bond donors (Lipinski definition) is 0. The van der Waals surface area contributed by atoms with Crippen LogP contribution in [0.3, 0.4) is 0 Å². The van der Waals surface area contributed by atoms with Crippen molar-refractivity contribution in [1.82, 2.24) is 4.90 Å². The van der Waals surface area contributed by atoms with E-state index in [4.69, 9.17) is 13.7 Å². The maximum atomic E-state index is 12.9. The van der Waals surface area contributed by atoms with Crippen molar-refractivity contribution in [2.45, 2.75) is 18.4 Å². The molecule has 192 valence electrons. The van der Waals surface area contributed by atoms with Crippen LogP contribution >= 0.6 is 34.4 Å². The number of nitrogens with zero attached hydrogens (tertiary/aromatic N) is 1. The van der Waals surface area contributed by atoms with Gasteiger partial charge in [0.05, 0.1) is 25.2 Å². The van der Waals surface area contributed by atoms with Crippen molar-refractivity contribution in [2.75, 3.05) is 13.7 Å². The van der Waals surface area contributed by atoms with Gasteiger partial charge in [-0.25, -0.2) is 0 Å². The number of rotatable bonds is 9. The third-order valence-electron chi connectivity index (χ3n) is 5.24. The minimum Gasteiger partial charge on any atom is -0.497 e. The second kappa shape index (κ2) is 11.6. The summed E-state index contributed by atoms with van der Waals surface area (Å²) in [5, 5.41) is -0.356. The van der Waals surface area contributed by atoms with E-state index in [1.54, 1.807) is 25.1 Å². The molecule has 1 heterocycles. The summed E-state index contributed by atoms with van der Waals surface area (Å²) in [4.78, 5) is 26.9. The Kier molecular flexibility index (Phi) is 8.45. The molecule has 3 aromatic carbocycles. The quantitative estimate of drug-likeness (QED) is 0.165. The van der Waals surface area contributed by atoms with Gasteiger partial charge in [0.15, 0.2) is 11.5 Å². The van der Waals surface area contributed by atoms with Crippen LogP contribution in [0.15, 0.2) is 76.5 Å². The van der Waals surface area contributed by atoms with Gasteiger partial charge in [0.25, 0.3) is 11.1 Å². The standard InChI is InChI=1S/C26H22INO7S2/c1-3-34-23-14-18(6-13-22(23)35-37(31,32)21-11-9-20(33-2)10-12-21)15-24-25(29)28(26(30)36-24)16-17-4-7-19(27)8-5-17/h4-15H,3,16H2,1-2H3/b24-15-. The lowest BCUT2D eigenvalue weighted by molar-refractivity contribution is -0.123. The Morgan fingerprint density at radius 3 is 2.32 bits per heavy atom. The first-order valence-electron chi connectivity index (χ1n) is 11.1. The molecule has 0 aromatic heterocycles. The Morgan fingerprint density at radius 1 is 0.973 bits per heavy atom. The average molecular weight is 652 g/mol. The maximum Gasteiger partial charge on any atom is 0.339 e. The number of methoxy groups -OCH3 is 1. The van der Waals surface area contributed by atoms with Gasteiger partial charge in [0.2, 0.25) is 0 Å². The van der Waals surface area contributed by atoms with Gasteiger partial charge >= 0.3 is 10.1 Å². The molecule has 37 heavy (non-hydrogen) atoms. The summed E-state index contributed by atoms with van der Waals surface area (Å²) in [7, 11) is -2.64. The lowest BCUT2D eigenvalue weighted by Crippen LogP contribution is -2.27. The van der Waals surface area contributed by atoms with E-state index in [-0.39, 0.29) is 39.7 Å². The van der Waals surface area contributed by atoms with E-state index >= 15 is 0 Å². The highest BCUT2D eigenvalue weighted by molar-refractivity contribution is 14.1. The van der Waals surface area contributed by atoms with Gasteiger partial charge in [-0.15, -0.1) is 0 Å². The highest BCUT2D eigenvalue weighted by Crippen LogP contribution is 2.36. The molecule has 11 heteroatoms. The Morgan fingerprint density at radius 2 is 1.68 bits per heavy atom. The molecule has 0 radical (unpaired) electrons. The molecule has 0 spiro atoms. The zero-order valence-corrected chi connectivity index (χ0v) is 23.6. The first-order chi connectivity index (χ1) is 17.7. The minimum absolute atomic E-state index is 0.00151. The number of imide groups is 1. The van der Waals surface area contributed by atoms with Crippen LogP contribution in [0.5, 0.6) is 17.2 Å². The lowest BCUT2D eigenvalue weighted by Gasteiger charge is -2.13. The normalized spacial score (nSPS) is 14.8. The van der Waals surface area contributed by atoms with Crippen LogP contribution < -0.4 is 13.7 Å². The first-order valence-corrected chi connectivity index (χ1v) is 14.4. The fourth-order valence-electron chi connectivity index (χ4n) is 3.42. The molecule has 3 aromatic rings. The van der Waals surface area contributed by atoms with Crippen molar-refractivity contribution in [1.29, 1.82) is 0 Å². The molecular weight excluding hydrogens is 629 g/mol. The third kappa shape index (κ3) is 6.46. The van der Waals surface area contributed by atoms with E-state index in [0.717, 1.165) is 20.9 Å². The van der Waals surface area contributed by atoms with E-state index in [1.807, 2.05) is 24.3 Å². The number of carbonyl (C=O) groups is 2. The van der Waals surface area contributed by atoms with Crippen molar-refractivity contribution >= 4 is 61.7 Å². The van der Waals surface area contributed by atoms with Crippen LogP contribution in [-0.4, -0.2) is 38.2 Å². The number of amides is 2. The molecule has 0 bridgehead atoms. The van der Waals surface area contributed by atoms with Crippen LogP contribution in [0.4, 0.5) is 4.79 Å². The van der Waals surface area contributed by atoms with Gasteiger partial charge in [-0.1, -0.05) is 18.2 Å². The zero-order chi connectivity index (χ0) is 26.6. The van der Waals surface area contributed by atoms with Gasteiger partial charge in [0, 0.05) is 3.57 Å². The monoisotopic (exact) mass is 651 g/mol. The predicted octanol–water partition coefficient (Wildman–Crippen LogP) is 5.70. The molecule has 0 atom stereocenters. The summed E-state index contributed by atoms with van der Waals surface area (Å²) in [5.41, 5.74) is 1.40. The molecule has 1 saturated heterocycles. The number of halogens is 1. The summed E-state index contributed by atoms with van der Waals surface area (Å²) < 4.78 is 42.6. The largest absolute Gasteiger partial charge is 0.497 e. The average Bonchev–Trinajstić information content (AvgIpc) is 3.14. The Hall–Kier alpha value is -3.03. The summed E-state index contributed by atoms with van der Waals surface area (Å²) in [6.45, 7) is 2.19. The second-order valence-corrected chi connectivity index (χ2v) is 11.5. The molecule has 0 aliphatic carbocycles. The zero-order valence-electron chi connectivity index (χ0n) is 19.8. The van der Waals surface area contributed by atoms with Crippen molar-refractivity contribution < 1.29 is 31.7 Å². The van der Waals surface area contributed by atoms with E-state index in [2.05, 4.69) is 22.6 Å². The highest BCUT2D eigenvalue weighted by Gasteiger charge is 2.35. The molecule has 0 saturated carbocycles. The van der Waals surface area contributed by atoms with Gasteiger partial charge in [-0.3, -0.25) is 14.5 Å². The summed E-state index contributed by atoms with van der Waals surface area (Å²) in [6.07, 6.45) is 1.57. The van der Waals surface area contributed by atoms with Gasteiger partial charge in [0.1, 0.15) is 10.6 Å². The first kappa shape index (κ1) is 27.0. The van der Waals surface area contributed by atoms with Crippen LogP contribution in [0.2, 0.25) is 0 Å². The topological polar surface area (TPSA) is 99.2 Å². The van der Waals surface area contributed by atoms with Crippen LogP contribution in [0.1, 0.15) is 18.1 Å². The van der Waals surface area contributed by atoms with Gasteiger partial charge in [-0.05, 0) is 107 Å². The fraction of sp³-hybridized carbons (Fsp3) is 0.154. The second-order valence-electron chi connectivity index (χ2n) is 7.75. The summed E-state index contributed by atoms with van der Waals surface area (Å²) >= 11 is 3.04. The smallest absolute Gasteiger partial charge is 0.339 e. The summed E-state index contributed by atoms with van der Waals surface area (Å²) in [6, 6.07) is 18.0. The summed E-state index contributed by atoms with van der Waals surface area (Å²) in [5.74, 6) is 0.309. The molecule has 1 fully saturated rings. The molecule has 1 aliphatic rings. The number of carbonyl (C=O) groups excluding carboxylic acids is 2. The molecule has 0 unspecified atom stereocenters. The fourth-order valence-corrected chi connectivity index (χ4v) is 5.56. The predicted molar refractivity (Wildman–Crippen MR) is 149 cm³/mol. The highest BCUT2D eigenvalue weighted by atomic mass is 127. The van der Waals surface area contributed by atoms with Crippen molar-refractivity contribution in [3.63, 3.8) is 0 Å². The van der Waals surface area contributed by atoms with Crippen molar-refractivity contribution in [3.05, 3.63) is 86.3 Å². The SMILES string of the molecule is CCOc1cc(/C=C2\SC(=O)N(Cc3ccc(I)cc3)C2=O)ccc1OS(=O)(=O)c1ccc(OC)cc1. The number of thioether (sulfide) groups is 1. The number of benzene rings is 3. The molecule has 4 rings (SSSR count). The molecule has 8 nitrogen and oxygen atoms in total. The molecular formula is C26H22INO7S2. The third-order valence-corrected chi connectivity index (χ3v) is 8.12. The van der Waals surface area contributed by atoms with E-state index < -0.39 is 16.0 Å². The Labute approximate surface area is 232 Å². The maximum absolute atomic E-state index is 12.9. The Balaban J connectivity index is 1.55. The van der Waals surface area contributed by atoms with E-state index in [9.17, 15) is 18.0 Å². The van der Waals surface area contributed by atoms with Gasteiger partial charge < -0.3 is 13.7 Å². The number of ether oxygens (including phenoxy) is 2. The van der Waals surface area contributed by atoms with Crippen molar-refractivity contribution in [2.24, 2.45) is 0 Å². The van der Waals surface area contributed by atoms with Crippen LogP contribution in [0.25, 0.3) is 6.08 Å². The van der Waals surface area contributed by atoms with E-state index in [1.165, 1.54) is 42.3 Å². The molecule has 2 amide bonds. The minimum atomic E-state index is -4.13. The van der Waals surface area contributed by atoms with Crippen molar-refractivity contribution in [3.8, 4) is 17.2 Å². The van der Waals surface area contributed by atoms with E-state index in [0.29, 0.717) is 11.3 Å². The Bertz CT molecular complexity index is 1450. The molecule has 1 aliphatic heterocycles. The lowest BCUT2D eigenvalue weighted by atomic mass is 10.1. The number of hydrogen-bond acceptors (Lipinski definition) is 8. The van der Waals surface area contributed by atoms with Gasteiger partial charge in [-0.2, -0.15) is 8.42 Å². The van der Waals surface area contributed by atoms with Crippen LogP contribution in [-0.2, 0) is 21.5 Å².